The van der Waals surface area contributed by atoms with Gasteiger partial charge in [0.1, 0.15) is 5.82 Å². The second-order valence-electron chi connectivity index (χ2n) is 7.34. The molecule has 1 aromatic carbocycles. The normalized spacial score (nSPS) is 21.0. The topological polar surface area (TPSA) is 114 Å². The van der Waals surface area contributed by atoms with Crippen molar-refractivity contribution in [3.8, 4) is 0 Å². The fraction of sp³-hybridized carbons (Fsp3) is 0.500. The summed E-state index contributed by atoms with van der Waals surface area (Å²) in [7, 11) is -3.92. The Morgan fingerprint density at radius 2 is 2.11 bits per heavy atom. The summed E-state index contributed by atoms with van der Waals surface area (Å²) >= 11 is 0. The SMILES string of the molecule is O=C(O)c1cc(S(=O)(=O)N2CCCC(Cc3nc(C4CC4)no3)C2)ccc1F. The molecule has 1 unspecified atom stereocenters. The van der Waals surface area contributed by atoms with E-state index in [-0.39, 0.29) is 17.4 Å². The molecule has 1 saturated heterocycles. The molecule has 1 aliphatic carbocycles. The first kappa shape index (κ1) is 19.0. The van der Waals surface area contributed by atoms with Crippen LogP contribution in [0.4, 0.5) is 4.39 Å². The van der Waals surface area contributed by atoms with E-state index in [4.69, 9.17) is 9.63 Å². The zero-order chi connectivity index (χ0) is 19.9. The molecule has 0 spiro atoms. The maximum absolute atomic E-state index is 13.6. The van der Waals surface area contributed by atoms with Gasteiger partial charge < -0.3 is 9.63 Å². The van der Waals surface area contributed by atoms with Gasteiger partial charge in [0.15, 0.2) is 5.82 Å². The van der Waals surface area contributed by atoms with Gasteiger partial charge in [0.2, 0.25) is 15.9 Å². The minimum atomic E-state index is -3.92. The zero-order valence-electron chi connectivity index (χ0n) is 15.0. The number of sulfonamides is 1. The van der Waals surface area contributed by atoms with Crippen LogP contribution in [-0.2, 0) is 16.4 Å². The van der Waals surface area contributed by atoms with Crippen LogP contribution in [0.5, 0.6) is 0 Å². The third-order valence-electron chi connectivity index (χ3n) is 5.18. The van der Waals surface area contributed by atoms with E-state index in [1.807, 2.05) is 0 Å². The molecule has 1 aromatic heterocycles. The summed E-state index contributed by atoms with van der Waals surface area (Å²) in [6.45, 7) is 0.596. The smallest absolute Gasteiger partial charge is 0.338 e. The Kier molecular flexibility index (Phi) is 4.92. The molecule has 1 N–H and O–H groups in total. The molecule has 0 amide bonds. The Labute approximate surface area is 161 Å². The van der Waals surface area contributed by atoms with Crippen LogP contribution in [0.1, 0.15) is 53.7 Å². The number of rotatable bonds is 6. The van der Waals surface area contributed by atoms with Crippen molar-refractivity contribution >= 4 is 16.0 Å². The van der Waals surface area contributed by atoms with Gasteiger partial charge in [-0.25, -0.2) is 17.6 Å². The maximum atomic E-state index is 13.6. The summed E-state index contributed by atoms with van der Waals surface area (Å²) in [6, 6.07) is 2.84. The molecule has 2 fully saturated rings. The zero-order valence-corrected chi connectivity index (χ0v) is 15.9. The largest absolute Gasteiger partial charge is 0.478 e. The Morgan fingerprint density at radius 1 is 1.32 bits per heavy atom. The van der Waals surface area contributed by atoms with Gasteiger partial charge in [-0.1, -0.05) is 5.16 Å². The number of carboxylic acids is 1. The van der Waals surface area contributed by atoms with Crippen LogP contribution in [0.3, 0.4) is 0 Å². The highest BCUT2D eigenvalue weighted by atomic mass is 32.2. The van der Waals surface area contributed by atoms with Crippen LogP contribution >= 0.6 is 0 Å². The second kappa shape index (κ2) is 7.25. The lowest BCUT2D eigenvalue weighted by Gasteiger charge is -2.31. The molecule has 4 rings (SSSR count). The predicted octanol–water partition coefficient (Wildman–Crippen LogP) is 2.43. The van der Waals surface area contributed by atoms with Gasteiger partial charge in [-0.15, -0.1) is 0 Å². The van der Waals surface area contributed by atoms with Gasteiger partial charge in [-0.2, -0.15) is 9.29 Å². The molecular weight excluding hydrogens is 389 g/mol. The van der Waals surface area contributed by atoms with Crippen molar-refractivity contribution in [3.63, 3.8) is 0 Å². The van der Waals surface area contributed by atoms with E-state index in [1.165, 1.54) is 4.31 Å². The number of piperidine rings is 1. The molecule has 10 heteroatoms. The number of halogens is 1. The maximum Gasteiger partial charge on any atom is 0.338 e. The van der Waals surface area contributed by atoms with E-state index >= 15 is 0 Å². The van der Waals surface area contributed by atoms with Crippen LogP contribution in [0.15, 0.2) is 27.6 Å². The molecule has 1 aliphatic heterocycles. The summed E-state index contributed by atoms with van der Waals surface area (Å²) in [6.07, 6.45) is 4.14. The Morgan fingerprint density at radius 3 is 2.82 bits per heavy atom. The third kappa shape index (κ3) is 3.79. The number of benzene rings is 1. The fourth-order valence-electron chi connectivity index (χ4n) is 3.49. The van der Waals surface area contributed by atoms with Crippen molar-refractivity contribution in [3.05, 3.63) is 41.3 Å². The highest BCUT2D eigenvalue weighted by Crippen LogP contribution is 2.38. The monoisotopic (exact) mass is 409 g/mol. The summed E-state index contributed by atoms with van der Waals surface area (Å²) in [5, 5.41) is 13.0. The van der Waals surface area contributed by atoms with Crippen molar-refractivity contribution in [2.75, 3.05) is 13.1 Å². The average molecular weight is 409 g/mol. The molecule has 1 atom stereocenters. The standard InChI is InChI=1S/C18H20FN3O5S/c19-15-6-5-13(9-14(15)18(23)24)28(25,26)22-7-1-2-11(10-22)8-16-20-17(21-27-16)12-3-4-12/h5-6,9,11-12H,1-4,7-8,10H2,(H,23,24). The van der Waals surface area contributed by atoms with E-state index in [0.29, 0.717) is 31.2 Å². The number of carboxylic acid groups (broad SMARTS) is 1. The van der Waals surface area contributed by atoms with E-state index in [1.54, 1.807) is 0 Å². The highest BCUT2D eigenvalue weighted by molar-refractivity contribution is 7.89. The first-order valence-corrected chi connectivity index (χ1v) is 10.6. The van der Waals surface area contributed by atoms with Crippen molar-refractivity contribution in [2.24, 2.45) is 5.92 Å². The van der Waals surface area contributed by atoms with Crippen LogP contribution in [-0.4, -0.2) is 47.0 Å². The van der Waals surface area contributed by atoms with Crippen LogP contribution in [0.2, 0.25) is 0 Å². The lowest BCUT2D eigenvalue weighted by atomic mass is 9.96. The van der Waals surface area contributed by atoms with Crippen molar-refractivity contribution in [1.29, 1.82) is 0 Å². The van der Waals surface area contributed by atoms with E-state index < -0.39 is 27.4 Å². The Hall–Kier alpha value is -2.33. The van der Waals surface area contributed by atoms with Gasteiger partial charge in [0.25, 0.3) is 0 Å². The molecular formula is C18H20FN3O5S. The predicted molar refractivity (Wildman–Crippen MR) is 94.8 cm³/mol. The summed E-state index contributed by atoms with van der Waals surface area (Å²) in [4.78, 5) is 15.3. The van der Waals surface area contributed by atoms with Crippen molar-refractivity contribution in [1.82, 2.24) is 14.4 Å². The first-order valence-electron chi connectivity index (χ1n) is 9.20. The molecule has 2 aromatic rings. The lowest BCUT2D eigenvalue weighted by molar-refractivity contribution is 0.0691. The molecule has 150 valence electrons. The minimum Gasteiger partial charge on any atom is -0.478 e. The molecule has 0 radical (unpaired) electrons. The molecule has 8 nitrogen and oxygen atoms in total. The van der Waals surface area contributed by atoms with Crippen molar-refractivity contribution in [2.45, 2.75) is 42.9 Å². The fourth-order valence-corrected chi connectivity index (χ4v) is 5.08. The molecule has 2 heterocycles. The number of hydrogen-bond acceptors (Lipinski definition) is 6. The number of nitrogens with zero attached hydrogens (tertiary/aromatic N) is 3. The van der Waals surface area contributed by atoms with Crippen LogP contribution in [0.25, 0.3) is 0 Å². The van der Waals surface area contributed by atoms with Crippen molar-refractivity contribution < 1.29 is 27.2 Å². The number of hydrogen-bond donors (Lipinski definition) is 1. The van der Waals surface area contributed by atoms with E-state index in [9.17, 15) is 17.6 Å². The molecule has 28 heavy (non-hydrogen) atoms. The van der Waals surface area contributed by atoms with Crippen LogP contribution in [0, 0.1) is 11.7 Å². The number of aromatic carboxylic acids is 1. The first-order chi connectivity index (χ1) is 13.3. The molecule has 2 aliphatic rings. The van der Waals surface area contributed by atoms with Gasteiger partial charge in [0, 0.05) is 25.4 Å². The lowest BCUT2D eigenvalue weighted by Crippen LogP contribution is -2.40. The van der Waals surface area contributed by atoms with Crippen LogP contribution < -0.4 is 0 Å². The summed E-state index contributed by atoms with van der Waals surface area (Å²) < 4.78 is 46.1. The second-order valence-corrected chi connectivity index (χ2v) is 9.28. The number of aromatic nitrogens is 2. The van der Waals surface area contributed by atoms with Gasteiger partial charge in [-0.3, -0.25) is 0 Å². The highest BCUT2D eigenvalue weighted by Gasteiger charge is 2.33. The summed E-state index contributed by atoms with van der Waals surface area (Å²) in [5.41, 5.74) is -0.659. The quantitative estimate of drug-likeness (QED) is 0.779. The number of carbonyl (C=O) groups is 1. The van der Waals surface area contributed by atoms with Gasteiger partial charge in [-0.05, 0) is 49.8 Å². The minimum absolute atomic E-state index is 0.0235. The average Bonchev–Trinajstić information content (AvgIpc) is 3.41. The molecule has 0 bridgehead atoms. The van der Waals surface area contributed by atoms with E-state index in [2.05, 4.69) is 10.1 Å². The summed E-state index contributed by atoms with van der Waals surface area (Å²) in [5.74, 6) is -0.818. The Bertz CT molecular complexity index is 1000. The van der Waals surface area contributed by atoms with Gasteiger partial charge >= 0.3 is 5.97 Å². The van der Waals surface area contributed by atoms with E-state index in [0.717, 1.165) is 43.3 Å². The molecule has 1 saturated carbocycles. The Balaban J connectivity index is 1.49. The third-order valence-corrected chi connectivity index (χ3v) is 7.04. The van der Waals surface area contributed by atoms with Gasteiger partial charge in [0.05, 0.1) is 10.5 Å².